The lowest BCUT2D eigenvalue weighted by molar-refractivity contribution is 0.296. The zero-order valence-electron chi connectivity index (χ0n) is 11.8. The van der Waals surface area contributed by atoms with Crippen LogP contribution in [0, 0.1) is 20.8 Å². The lowest BCUT2D eigenvalue weighted by Crippen LogP contribution is -2.06. The van der Waals surface area contributed by atoms with Gasteiger partial charge in [0.1, 0.15) is 11.6 Å². The van der Waals surface area contributed by atoms with Crippen LogP contribution < -0.4 is 10.5 Å². The van der Waals surface area contributed by atoms with Crippen LogP contribution >= 0.6 is 0 Å². The average Bonchev–Trinajstić information content (AvgIpc) is 2.76. The Bertz CT molecular complexity index is 561. The number of aryl methyl sites for hydroxylation is 3. The first kappa shape index (κ1) is 13.5. The van der Waals surface area contributed by atoms with E-state index in [9.17, 15) is 0 Å². The molecule has 4 nitrogen and oxygen atoms in total. The predicted octanol–water partition coefficient (Wildman–Crippen LogP) is 2.86. The summed E-state index contributed by atoms with van der Waals surface area (Å²) in [6.07, 6.45) is 2.80. The summed E-state index contributed by atoms with van der Waals surface area (Å²) in [6, 6.07) is 6.07. The first-order valence-electron chi connectivity index (χ1n) is 6.56. The highest BCUT2D eigenvalue weighted by atomic mass is 16.5. The molecular formula is C15H21N3O. The summed E-state index contributed by atoms with van der Waals surface area (Å²) in [7, 11) is 0. The average molecular weight is 259 g/mol. The number of benzene rings is 1. The molecule has 0 unspecified atom stereocenters. The van der Waals surface area contributed by atoms with E-state index in [1.807, 2.05) is 10.9 Å². The topological polar surface area (TPSA) is 53.1 Å². The van der Waals surface area contributed by atoms with E-state index in [0.29, 0.717) is 12.4 Å². The van der Waals surface area contributed by atoms with Crippen LogP contribution in [-0.2, 0) is 6.54 Å². The van der Waals surface area contributed by atoms with E-state index < -0.39 is 0 Å². The molecule has 0 radical (unpaired) electrons. The molecule has 2 rings (SSSR count). The van der Waals surface area contributed by atoms with Crippen molar-refractivity contribution in [3.63, 3.8) is 0 Å². The summed E-state index contributed by atoms with van der Waals surface area (Å²) in [5.41, 5.74) is 9.29. The zero-order chi connectivity index (χ0) is 13.8. The molecule has 0 saturated heterocycles. The van der Waals surface area contributed by atoms with Gasteiger partial charge in [0.05, 0.1) is 6.61 Å². The van der Waals surface area contributed by atoms with Gasteiger partial charge in [-0.15, -0.1) is 0 Å². The molecule has 0 bridgehead atoms. The summed E-state index contributed by atoms with van der Waals surface area (Å²) >= 11 is 0. The predicted molar refractivity (Wildman–Crippen MR) is 77.4 cm³/mol. The number of hydrogen-bond donors (Lipinski definition) is 1. The molecule has 1 aromatic heterocycles. The Morgan fingerprint density at radius 3 is 2.74 bits per heavy atom. The number of anilines is 1. The van der Waals surface area contributed by atoms with Crippen LogP contribution in [0.1, 0.15) is 23.1 Å². The second kappa shape index (κ2) is 5.78. The van der Waals surface area contributed by atoms with E-state index in [4.69, 9.17) is 10.5 Å². The molecule has 1 aromatic carbocycles. The van der Waals surface area contributed by atoms with Crippen LogP contribution in [0.15, 0.2) is 24.4 Å². The van der Waals surface area contributed by atoms with Gasteiger partial charge < -0.3 is 10.5 Å². The first-order chi connectivity index (χ1) is 9.06. The van der Waals surface area contributed by atoms with Crippen LogP contribution in [0.2, 0.25) is 0 Å². The highest BCUT2D eigenvalue weighted by Crippen LogP contribution is 2.23. The third kappa shape index (κ3) is 3.50. The minimum atomic E-state index is 0.561. The summed E-state index contributed by atoms with van der Waals surface area (Å²) in [5.74, 6) is 1.54. The molecule has 1 heterocycles. The molecule has 0 atom stereocenters. The number of nitrogens with two attached hydrogens (primary N) is 1. The zero-order valence-corrected chi connectivity index (χ0v) is 11.8. The molecule has 0 aliphatic rings. The van der Waals surface area contributed by atoms with Gasteiger partial charge in [-0.2, -0.15) is 5.10 Å². The number of ether oxygens (including phenoxy) is 1. The van der Waals surface area contributed by atoms with Crippen molar-refractivity contribution in [2.24, 2.45) is 0 Å². The molecule has 0 amide bonds. The second-order valence-corrected chi connectivity index (χ2v) is 4.91. The standard InChI is InChI=1S/C15H21N3O/c1-11-9-12(2)13(3)14(10-11)19-8-4-6-18-7-5-15(16)17-18/h5,7,9-10H,4,6,8H2,1-3H3,(H2,16,17). The molecule has 2 N–H and O–H groups in total. The summed E-state index contributed by atoms with van der Waals surface area (Å²) in [4.78, 5) is 0. The Kier molecular flexibility index (Phi) is 4.10. The Hall–Kier alpha value is -1.97. The summed E-state index contributed by atoms with van der Waals surface area (Å²) < 4.78 is 7.69. The number of rotatable bonds is 5. The molecule has 102 valence electrons. The van der Waals surface area contributed by atoms with Crippen LogP contribution in [0.25, 0.3) is 0 Å². The monoisotopic (exact) mass is 259 g/mol. The third-order valence-electron chi connectivity index (χ3n) is 3.21. The van der Waals surface area contributed by atoms with Crippen molar-refractivity contribution in [3.8, 4) is 5.75 Å². The van der Waals surface area contributed by atoms with Crippen LogP contribution in [-0.4, -0.2) is 16.4 Å². The maximum absolute atomic E-state index is 5.85. The van der Waals surface area contributed by atoms with Crippen molar-refractivity contribution >= 4 is 5.82 Å². The van der Waals surface area contributed by atoms with Crippen LogP contribution in [0.3, 0.4) is 0 Å². The van der Waals surface area contributed by atoms with Crippen molar-refractivity contribution in [1.82, 2.24) is 9.78 Å². The Balaban J connectivity index is 1.86. The smallest absolute Gasteiger partial charge is 0.145 e. The molecule has 0 spiro atoms. The van der Waals surface area contributed by atoms with E-state index in [1.54, 1.807) is 6.07 Å². The van der Waals surface area contributed by atoms with E-state index in [-0.39, 0.29) is 0 Å². The molecule has 0 saturated carbocycles. The van der Waals surface area contributed by atoms with Crippen molar-refractivity contribution in [2.75, 3.05) is 12.3 Å². The molecule has 2 aromatic rings. The first-order valence-corrected chi connectivity index (χ1v) is 6.56. The molecule has 0 fully saturated rings. The molecular weight excluding hydrogens is 238 g/mol. The Morgan fingerprint density at radius 2 is 2.05 bits per heavy atom. The van der Waals surface area contributed by atoms with Gasteiger partial charge in [-0.1, -0.05) is 6.07 Å². The lowest BCUT2D eigenvalue weighted by Gasteiger charge is -2.12. The van der Waals surface area contributed by atoms with Crippen LogP contribution in [0.5, 0.6) is 5.75 Å². The maximum Gasteiger partial charge on any atom is 0.145 e. The van der Waals surface area contributed by atoms with Gasteiger partial charge in [-0.25, -0.2) is 0 Å². The molecule has 4 heteroatoms. The molecule has 0 aliphatic heterocycles. The Morgan fingerprint density at radius 1 is 1.26 bits per heavy atom. The maximum atomic E-state index is 5.85. The van der Waals surface area contributed by atoms with Crippen molar-refractivity contribution in [2.45, 2.75) is 33.7 Å². The van der Waals surface area contributed by atoms with Gasteiger partial charge in [-0.3, -0.25) is 4.68 Å². The summed E-state index contributed by atoms with van der Waals surface area (Å²) in [5, 5.41) is 4.14. The number of hydrogen-bond acceptors (Lipinski definition) is 3. The molecule has 0 aliphatic carbocycles. The fourth-order valence-corrected chi connectivity index (χ4v) is 2.06. The minimum absolute atomic E-state index is 0.561. The van der Waals surface area contributed by atoms with Gasteiger partial charge in [-0.05, 0) is 49.6 Å². The van der Waals surface area contributed by atoms with Crippen molar-refractivity contribution < 1.29 is 4.74 Å². The van der Waals surface area contributed by atoms with Gasteiger partial charge >= 0.3 is 0 Å². The van der Waals surface area contributed by atoms with E-state index in [2.05, 4.69) is 38.0 Å². The fraction of sp³-hybridized carbons (Fsp3) is 0.400. The van der Waals surface area contributed by atoms with Crippen molar-refractivity contribution in [1.29, 1.82) is 0 Å². The number of nitrogens with zero attached hydrogens (tertiary/aromatic N) is 2. The van der Waals surface area contributed by atoms with Gasteiger partial charge in [0, 0.05) is 19.2 Å². The van der Waals surface area contributed by atoms with E-state index in [0.717, 1.165) is 18.7 Å². The highest BCUT2D eigenvalue weighted by molar-refractivity contribution is 5.41. The lowest BCUT2D eigenvalue weighted by atomic mass is 10.1. The largest absolute Gasteiger partial charge is 0.493 e. The Labute approximate surface area is 114 Å². The highest BCUT2D eigenvalue weighted by Gasteiger charge is 2.04. The summed E-state index contributed by atoms with van der Waals surface area (Å²) in [6.45, 7) is 7.80. The van der Waals surface area contributed by atoms with Gasteiger partial charge in [0.15, 0.2) is 0 Å². The third-order valence-corrected chi connectivity index (χ3v) is 3.21. The minimum Gasteiger partial charge on any atom is -0.493 e. The number of aromatic nitrogens is 2. The van der Waals surface area contributed by atoms with Crippen LogP contribution in [0.4, 0.5) is 5.82 Å². The number of nitrogen functional groups attached to an aromatic ring is 1. The second-order valence-electron chi connectivity index (χ2n) is 4.91. The molecule has 19 heavy (non-hydrogen) atoms. The van der Waals surface area contributed by atoms with Crippen molar-refractivity contribution in [3.05, 3.63) is 41.1 Å². The van der Waals surface area contributed by atoms with E-state index in [1.165, 1.54) is 16.7 Å². The quantitative estimate of drug-likeness (QED) is 0.840. The van der Waals surface area contributed by atoms with Gasteiger partial charge in [0.25, 0.3) is 0 Å². The van der Waals surface area contributed by atoms with Gasteiger partial charge in [0.2, 0.25) is 0 Å². The fourth-order valence-electron chi connectivity index (χ4n) is 2.06. The normalized spacial score (nSPS) is 10.7. The van der Waals surface area contributed by atoms with E-state index >= 15 is 0 Å². The SMILES string of the molecule is Cc1cc(C)c(C)c(OCCCn2ccc(N)n2)c1.